The molecule has 0 aliphatic carbocycles. The quantitative estimate of drug-likeness (QED) is 0.718. The van der Waals surface area contributed by atoms with Crippen molar-refractivity contribution in [1.29, 1.82) is 0 Å². The van der Waals surface area contributed by atoms with Gasteiger partial charge < -0.3 is 14.8 Å². The van der Waals surface area contributed by atoms with E-state index in [-0.39, 0.29) is 6.04 Å². The Hall–Kier alpha value is -0.590. The normalized spacial score (nSPS) is 13.8. The van der Waals surface area contributed by atoms with Gasteiger partial charge in [0.15, 0.2) is 11.5 Å². The zero-order chi connectivity index (χ0) is 15.8. The van der Waals surface area contributed by atoms with Crippen LogP contribution >= 0.6 is 15.9 Å². The Morgan fingerprint density at radius 3 is 2.71 bits per heavy atom. The highest BCUT2D eigenvalue weighted by Crippen LogP contribution is 2.36. The SMILES string of the molecule is CCCOc1c(Br)cc(CNC(C)CS(C)=O)cc1OC. The fraction of sp³-hybridized carbons (Fsp3) is 0.600. The van der Waals surface area contributed by atoms with Gasteiger partial charge in [0.2, 0.25) is 0 Å². The average molecular weight is 378 g/mol. The molecule has 1 N–H and O–H groups in total. The first-order chi connectivity index (χ1) is 9.97. The van der Waals surface area contributed by atoms with E-state index in [1.54, 1.807) is 13.4 Å². The summed E-state index contributed by atoms with van der Waals surface area (Å²) >= 11 is 3.53. The fourth-order valence-corrected chi connectivity index (χ4v) is 3.35. The zero-order valence-electron chi connectivity index (χ0n) is 13.1. The van der Waals surface area contributed by atoms with Crippen molar-refractivity contribution < 1.29 is 13.7 Å². The van der Waals surface area contributed by atoms with Gasteiger partial charge in [-0.05, 0) is 47.0 Å². The maximum Gasteiger partial charge on any atom is 0.175 e. The standard InChI is InChI=1S/C15H24BrNO3S/c1-5-6-20-15-13(16)7-12(8-14(15)19-3)9-17-11(2)10-21(4)18/h7-8,11,17H,5-6,9-10H2,1-4H3. The monoisotopic (exact) mass is 377 g/mol. The fourth-order valence-electron chi connectivity index (χ4n) is 1.92. The van der Waals surface area contributed by atoms with E-state index in [9.17, 15) is 4.21 Å². The summed E-state index contributed by atoms with van der Waals surface area (Å²) in [4.78, 5) is 0. The van der Waals surface area contributed by atoms with Gasteiger partial charge in [0.1, 0.15) is 0 Å². The van der Waals surface area contributed by atoms with Crippen LogP contribution in [0, 0.1) is 0 Å². The summed E-state index contributed by atoms with van der Waals surface area (Å²) in [6.45, 7) is 5.46. The van der Waals surface area contributed by atoms with E-state index >= 15 is 0 Å². The summed E-state index contributed by atoms with van der Waals surface area (Å²) < 4.78 is 23.2. The van der Waals surface area contributed by atoms with Gasteiger partial charge in [-0.15, -0.1) is 0 Å². The Bertz CT molecular complexity index is 482. The molecule has 0 aliphatic heterocycles. The molecule has 2 unspecified atom stereocenters. The second-order valence-corrected chi connectivity index (χ2v) is 7.31. The van der Waals surface area contributed by atoms with Crippen LogP contribution in [-0.2, 0) is 17.3 Å². The molecule has 0 aliphatic rings. The molecule has 1 rings (SSSR count). The van der Waals surface area contributed by atoms with Gasteiger partial charge in [-0.1, -0.05) is 6.92 Å². The van der Waals surface area contributed by atoms with Crippen LogP contribution in [0.25, 0.3) is 0 Å². The minimum atomic E-state index is -0.788. The molecule has 120 valence electrons. The van der Waals surface area contributed by atoms with Crippen LogP contribution < -0.4 is 14.8 Å². The smallest absolute Gasteiger partial charge is 0.175 e. The van der Waals surface area contributed by atoms with E-state index in [2.05, 4.69) is 28.2 Å². The maximum absolute atomic E-state index is 11.2. The molecule has 1 aromatic carbocycles. The van der Waals surface area contributed by atoms with Gasteiger partial charge in [-0.2, -0.15) is 0 Å². The van der Waals surface area contributed by atoms with Crippen molar-refractivity contribution in [3.63, 3.8) is 0 Å². The Morgan fingerprint density at radius 1 is 1.43 bits per heavy atom. The Labute approximate surface area is 138 Å². The summed E-state index contributed by atoms with van der Waals surface area (Å²) in [6.07, 6.45) is 2.67. The van der Waals surface area contributed by atoms with Crippen LogP contribution in [0.1, 0.15) is 25.8 Å². The lowest BCUT2D eigenvalue weighted by Gasteiger charge is -2.16. The van der Waals surface area contributed by atoms with Crippen molar-refractivity contribution in [1.82, 2.24) is 5.32 Å². The van der Waals surface area contributed by atoms with E-state index in [1.807, 2.05) is 19.1 Å². The van der Waals surface area contributed by atoms with Crippen molar-refractivity contribution in [3.8, 4) is 11.5 Å². The minimum absolute atomic E-state index is 0.205. The summed E-state index contributed by atoms with van der Waals surface area (Å²) in [7, 11) is 0.852. The van der Waals surface area contributed by atoms with Gasteiger partial charge in [0.25, 0.3) is 0 Å². The van der Waals surface area contributed by atoms with Crippen molar-refractivity contribution in [3.05, 3.63) is 22.2 Å². The first-order valence-electron chi connectivity index (χ1n) is 7.00. The van der Waals surface area contributed by atoms with Crippen LogP contribution in [0.5, 0.6) is 11.5 Å². The lowest BCUT2D eigenvalue weighted by Crippen LogP contribution is -2.30. The van der Waals surface area contributed by atoms with Crippen LogP contribution in [0.4, 0.5) is 0 Å². The Kier molecular flexibility index (Phi) is 8.29. The lowest BCUT2D eigenvalue weighted by molar-refractivity contribution is 0.292. The molecular formula is C15H24BrNO3S. The first kappa shape index (κ1) is 18.5. The van der Waals surface area contributed by atoms with Gasteiger partial charge in [0, 0.05) is 35.4 Å². The molecule has 0 fully saturated rings. The van der Waals surface area contributed by atoms with Gasteiger partial charge >= 0.3 is 0 Å². The largest absolute Gasteiger partial charge is 0.493 e. The van der Waals surface area contributed by atoms with Gasteiger partial charge in [-0.3, -0.25) is 4.21 Å². The van der Waals surface area contributed by atoms with Crippen LogP contribution in [0.15, 0.2) is 16.6 Å². The van der Waals surface area contributed by atoms with Crippen molar-refractivity contribution >= 4 is 26.7 Å². The van der Waals surface area contributed by atoms with Gasteiger partial charge in [-0.25, -0.2) is 0 Å². The molecular weight excluding hydrogens is 354 g/mol. The average Bonchev–Trinajstić information content (AvgIpc) is 2.42. The number of benzene rings is 1. The molecule has 0 amide bonds. The van der Waals surface area contributed by atoms with Gasteiger partial charge in [0.05, 0.1) is 18.2 Å². The van der Waals surface area contributed by atoms with E-state index in [1.165, 1.54) is 0 Å². The summed E-state index contributed by atoms with van der Waals surface area (Å²) in [6, 6.07) is 4.20. The number of ether oxygens (including phenoxy) is 2. The topological polar surface area (TPSA) is 47.6 Å². The van der Waals surface area contributed by atoms with E-state index in [4.69, 9.17) is 9.47 Å². The van der Waals surface area contributed by atoms with Crippen LogP contribution in [0.3, 0.4) is 0 Å². The van der Waals surface area contributed by atoms with Crippen LogP contribution in [0.2, 0.25) is 0 Å². The minimum Gasteiger partial charge on any atom is -0.493 e. The van der Waals surface area contributed by atoms with E-state index < -0.39 is 10.8 Å². The van der Waals surface area contributed by atoms with E-state index in [0.717, 1.165) is 28.0 Å². The Balaban J connectivity index is 2.76. The molecule has 0 spiro atoms. The predicted octanol–water partition coefficient (Wildman–Crippen LogP) is 3.10. The van der Waals surface area contributed by atoms with Crippen LogP contribution in [-0.4, -0.2) is 36.0 Å². The molecule has 0 saturated carbocycles. The molecule has 1 aromatic rings. The summed E-state index contributed by atoms with van der Waals surface area (Å²) in [5, 5.41) is 3.36. The van der Waals surface area contributed by atoms with E-state index in [0.29, 0.717) is 18.9 Å². The molecule has 0 saturated heterocycles. The number of halogens is 1. The van der Waals surface area contributed by atoms with Crippen molar-refractivity contribution in [2.75, 3.05) is 25.7 Å². The number of methoxy groups -OCH3 is 1. The first-order valence-corrected chi connectivity index (χ1v) is 9.52. The predicted molar refractivity (Wildman–Crippen MR) is 91.7 cm³/mol. The van der Waals surface area contributed by atoms with Crippen molar-refractivity contribution in [2.45, 2.75) is 32.9 Å². The number of rotatable bonds is 9. The maximum atomic E-state index is 11.2. The number of hydrogen-bond donors (Lipinski definition) is 1. The third-order valence-electron chi connectivity index (χ3n) is 2.88. The number of hydrogen-bond acceptors (Lipinski definition) is 4. The molecule has 0 radical (unpaired) electrons. The number of nitrogens with one attached hydrogen (secondary N) is 1. The molecule has 0 bridgehead atoms. The van der Waals surface area contributed by atoms with Crippen molar-refractivity contribution in [2.24, 2.45) is 0 Å². The summed E-state index contributed by atoms with van der Waals surface area (Å²) in [5.74, 6) is 2.11. The molecule has 0 aromatic heterocycles. The Morgan fingerprint density at radius 2 is 2.14 bits per heavy atom. The third kappa shape index (κ3) is 6.36. The molecule has 21 heavy (non-hydrogen) atoms. The zero-order valence-corrected chi connectivity index (χ0v) is 15.5. The molecule has 6 heteroatoms. The summed E-state index contributed by atoms with van der Waals surface area (Å²) in [5.41, 5.74) is 1.09. The third-order valence-corrected chi connectivity index (χ3v) is 4.44. The molecule has 0 heterocycles. The molecule has 2 atom stereocenters. The highest BCUT2D eigenvalue weighted by molar-refractivity contribution is 9.10. The highest BCUT2D eigenvalue weighted by Gasteiger charge is 2.12. The lowest BCUT2D eigenvalue weighted by atomic mass is 10.2. The second kappa shape index (κ2) is 9.43. The molecule has 4 nitrogen and oxygen atoms in total. The highest BCUT2D eigenvalue weighted by atomic mass is 79.9. The second-order valence-electron chi connectivity index (χ2n) is 4.98.